The maximum Gasteiger partial charge on any atom is 0.328 e. The molecule has 0 radical (unpaired) electrons. The summed E-state index contributed by atoms with van der Waals surface area (Å²) in [5, 5.41) is 106. The molecule has 18 amide bonds. The topological polar surface area (TPSA) is 821 Å². The van der Waals surface area contributed by atoms with Crippen molar-refractivity contribution in [2.24, 2.45) is 52.5 Å². The van der Waals surface area contributed by atoms with Crippen LogP contribution < -0.4 is 103 Å². The minimum atomic E-state index is -2.09. The number of hydrogen-bond donors (Lipinski definition) is 27. The number of nitrogens with zero attached hydrogens (tertiary/aromatic N) is 1. The molecule has 31 N–H and O–H groups in total. The molecule has 2 aromatic carbocycles. The second-order valence-electron chi connectivity index (χ2n) is 37.1. The van der Waals surface area contributed by atoms with Crippen LogP contribution in [0.25, 0.3) is 10.9 Å². The molecule has 1 aliphatic rings. The molecule has 0 bridgehead atoms. The first-order chi connectivity index (χ1) is 66.7. The lowest BCUT2D eigenvalue weighted by Crippen LogP contribution is -2.62. The fraction of sp³-hybridized carbons (Fsp3) is 0.609. The highest BCUT2D eigenvalue weighted by atomic mass is 16.4. The number of aromatic amines is 1. The molecule has 1 fully saturated rings. The summed E-state index contributed by atoms with van der Waals surface area (Å²) in [5.41, 5.74) is 24.3. The van der Waals surface area contributed by atoms with E-state index in [9.17, 15) is 117 Å². The van der Waals surface area contributed by atoms with Crippen LogP contribution in [-0.4, -0.2) is 311 Å². The number of carbonyl (C=O) groups excluding carboxylic acids is 18. The van der Waals surface area contributed by atoms with Gasteiger partial charge in [-0.15, -0.1) is 0 Å². The third-order valence-electron chi connectivity index (χ3n) is 22.7. The molecule has 4 rings (SSSR count). The van der Waals surface area contributed by atoms with Gasteiger partial charge in [-0.1, -0.05) is 118 Å². The highest BCUT2D eigenvalue weighted by Crippen LogP contribution is 2.25. The molecule has 0 aliphatic carbocycles. The van der Waals surface area contributed by atoms with Crippen LogP contribution in [0.15, 0.2) is 60.8 Å². The van der Waals surface area contributed by atoms with Gasteiger partial charge in [0.1, 0.15) is 96.7 Å². The average Bonchev–Trinajstić information content (AvgIpc) is 1.77. The minimum absolute atomic E-state index is 0.0702. The molecule has 1 aliphatic heterocycles. The number of unbranched alkanes of at least 4 members (excludes halogenated alkanes) is 1. The summed E-state index contributed by atoms with van der Waals surface area (Å²) in [7, 11) is 0. The number of rotatable bonds is 64. The fourth-order valence-corrected chi connectivity index (χ4v) is 15.4. The lowest BCUT2D eigenvalue weighted by molar-refractivity contribution is -0.143. The predicted molar refractivity (Wildman–Crippen MR) is 506 cm³/mol. The quantitative estimate of drug-likeness (QED) is 0.0234. The van der Waals surface area contributed by atoms with Gasteiger partial charge in [0.05, 0.1) is 44.6 Å². The van der Waals surface area contributed by atoms with E-state index in [0.717, 1.165) is 11.8 Å². The molecule has 3 aromatic rings. The van der Waals surface area contributed by atoms with Crippen molar-refractivity contribution in [2.45, 2.75) is 301 Å². The van der Waals surface area contributed by atoms with Crippen LogP contribution >= 0.6 is 0 Å². The van der Waals surface area contributed by atoms with E-state index in [-0.39, 0.29) is 101 Å². The maximum absolute atomic E-state index is 15.3. The number of para-hydroxylation sites is 1. The van der Waals surface area contributed by atoms with Gasteiger partial charge in [0, 0.05) is 49.3 Å². The van der Waals surface area contributed by atoms with E-state index in [1.807, 2.05) is 0 Å². The lowest BCUT2D eigenvalue weighted by atomic mass is 9.98. The number of benzene rings is 2. The van der Waals surface area contributed by atoms with Crippen molar-refractivity contribution in [1.29, 1.82) is 0 Å². The minimum Gasteiger partial charge on any atom is -0.481 e. The Kier molecular flexibility index (Phi) is 50.6. The van der Waals surface area contributed by atoms with Gasteiger partial charge in [0.25, 0.3) is 0 Å². The molecule has 0 saturated carbocycles. The third-order valence-corrected chi connectivity index (χ3v) is 22.7. The fourth-order valence-electron chi connectivity index (χ4n) is 15.4. The normalized spacial score (nSPS) is 16.0. The van der Waals surface area contributed by atoms with Crippen LogP contribution in [0, 0.1) is 29.6 Å². The highest BCUT2D eigenvalue weighted by molar-refractivity contribution is 6.03. The number of aliphatic carboxylic acids is 4. The highest BCUT2D eigenvalue weighted by Gasteiger charge is 2.44. The van der Waals surface area contributed by atoms with E-state index in [1.165, 1.54) is 13.8 Å². The first kappa shape index (κ1) is 120. The zero-order chi connectivity index (χ0) is 107. The Balaban J connectivity index is 1.64. The first-order valence-electron chi connectivity index (χ1n) is 46.9. The number of aliphatic hydroxyl groups is 3. The lowest BCUT2D eigenvalue weighted by Gasteiger charge is -2.32. The van der Waals surface area contributed by atoms with Gasteiger partial charge in [-0.2, -0.15) is 0 Å². The second-order valence-corrected chi connectivity index (χ2v) is 37.1. The molecular formula is C92H141N21O29. The number of likely N-dealkylation sites (tertiary alicyclic amines) is 1. The Morgan fingerprint density at radius 2 is 0.775 bits per heavy atom. The van der Waals surface area contributed by atoms with Crippen molar-refractivity contribution < 1.29 is 141 Å². The molecule has 2 heterocycles. The van der Waals surface area contributed by atoms with E-state index >= 15 is 19.2 Å². The van der Waals surface area contributed by atoms with E-state index in [0.29, 0.717) is 28.5 Å². The zero-order valence-electron chi connectivity index (χ0n) is 81.5. The number of fused-ring (bicyclic) bond motifs is 1. The zero-order valence-corrected chi connectivity index (χ0v) is 81.5. The number of nitrogens with two attached hydrogens (primary N) is 4. The Bertz CT molecular complexity index is 4880. The molecule has 50 heteroatoms. The Morgan fingerprint density at radius 1 is 0.394 bits per heavy atom. The summed E-state index contributed by atoms with van der Waals surface area (Å²) in [4.78, 5) is 307. The van der Waals surface area contributed by atoms with Crippen LogP contribution in [0.2, 0.25) is 0 Å². The summed E-state index contributed by atoms with van der Waals surface area (Å²) >= 11 is 0. The van der Waals surface area contributed by atoms with Crippen LogP contribution in [0.4, 0.5) is 0 Å². The van der Waals surface area contributed by atoms with E-state index in [2.05, 4.69) is 84.7 Å². The monoisotopic (exact) mass is 2000 g/mol. The Hall–Kier alpha value is -13.9. The van der Waals surface area contributed by atoms with E-state index < -0.39 is 303 Å². The van der Waals surface area contributed by atoms with Crippen LogP contribution in [-0.2, 0) is 118 Å². The summed E-state index contributed by atoms with van der Waals surface area (Å²) in [6.07, 6.45) is -6.47. The van der Waals surface area contributed by atoms with Crippen molar-refractivity contribution in [1.82, 2.24) is 89.6 Å². The number of aromatic nitrogens is 1. The average molecular weight is 2010 g/mol. The third kappa shape index (κ3) is 41.1. The van der Waals surface area contributed by atoms with Gasteiger partial charge in [0.2, 0.25) is 106 Å². The number of aliphatic hydroxyl groups excluding tert-OH is 3. The van der Waals surface area contributed by atoms with Crippen molar-refractivity contribution in [2.75, 3.05) is 26.3 Å². The van der Waals surface area contributed by atoms with Gasteiger partial charge < -0.3 is 148 Å². The standard InChI is InChI=1S/C92H141N21O29/c1-44(2)32-57(101-85(134)64(40-73(123)124)105-87(136)66(42-114)109-82(131)60(36-50-20-13-12-14-21-50)107-90(139)75(49(11)116)112-76(125)53(94)26-28-71(119)120)79(128)102-61(37-51-41-97-54-23-16-15-22-52(51)54)83(132)98-55(24-17-18-30-93)77(126)100-58(33-45(3)4)80(129)108-65(35-47(7)8)91(140)113-31-19-25-68(113)88(137)99-56(27-29-72(121)122)78(127)103-62(38-69(95)117)84(133)104-63(39-70(96)118)86(135)111-74(48(9)10)89(138)106-59(34-46(5)6)81(130)110-67(43-115)92(141)142/h12-16,20-23,41,44-49,53,55-68,74-75,97,114-116H,17-19,24-40,42-43,93-94H2,1-11H3,(H2,95,117)(H2,96,118)(H,98,132)(H,99,137)(H,100,126)(H,101,134)(H,102,128)(H,103,127)(H,104,133)(H,105,136)(H,106,138)(H,107,139)(H,108,129)(H,109,131)(H,110,130)(H,111,135)(H,112,125)(H,119,120)(H,121,122)(H,123,124)(H,141,142)/t49-,53+,55+,56+,57+,58+,59+,60+,61+,62+,63+,64+,65+,66+,67+,68+,74+,75+/m1/s1. The van der Waals surface area contributed by atoms with Crippen LogP contribution in [0.5, 0.6) is 0 Å². The van der Waals surface area contributed by atoms with Crippen LogP contribution in [0.3, 0.4) is 0 Å². The molecular weight excluding hydrogens is 1860 g/mol. The van der Waals surface area contributed by atoms with E-state index in [1.54, 1.807) is 116 Å². The molecule has 142 heavy (non-hydrogen) atoms. The van der Waals surface area contributed by atoms with Crippen molar-refractivity contribution in [3.05, 3.63) is 71.9 Å². The number of carboxylic acid groups (broad SMARTS) is 4. The number of carbonyl (C=O) groups is 22. The number of carboxylic acids is 4. The molecule has 18 atom stereocenters. The van der Waals surface area contributed by atoms with Crippen molar-refractivity contribution in [3.63, 3.8) is 0 Å². The van der Waals surface area contributed by atoms with Gasteiger partial charge in [-0.25, -0.2) is 4.79 Å². The summed E-state index contributed by atoms with van der Waals surface area (Å²) in [6, 6.07) is -14.1. The Morgan fingerprint density at radius 3 is 1.25 bits per heavy atom. The summed E-state index contributed by atoms with van der Waals surface area (Å²) in [6.45, 7) is 15.3. The molecule has 50 nitrogen and oxygen atoms in total. The van der Waals surface area contributed by atoms with Crippen LogP contribution in [0.1, 0.15) is 190 Å². The number of amides is 18. The van der Waals surface area contributed by atoms with Crippen molar-refractivity contribution >= 4 is 141 Å². The number of nitrogens with one attached hydrogen (secondary N) is 16. The van der Waals surface area contributed by atoms with Gasteiger partial charge >= 0.3 is 23.9 Å². The number of primary amides is 2. The first-order valence-corrected chi connectivity index (χ1v) is 46.9. The predicted octanol–water partition coefficient (Wildman–Crippen LogP) is -6.08. The molecule has 1 saturated heterocycles. The largest absolute Gasteiger partial charge is 0.481 e. The maximum atomic E-state index is 15.3. The molecule has 788 valence electrons. The smallest absolute Gasteiger partial charge is 0.328 e. The number of H-pyrrole nitrogens is 1. The van der Waals surface area contributed by atoms with Gasteiger partial charge in [0.15, 0.2) is 0 Å². The summed E-state index contributed by atoms with van der Waals surface area (Å²) in [5.74, 6) is -28.6. The molecule has 0 spiro atoms. The second kappa shape index (κ2) is 59.6. The summed E-state index contributed by atoms with van der Waals surface area (Å²) < 4.78 is 0. The van der Waals surface area contributed by atoms with Crippen molar-refractivity contribution in [3.8, 4) is 0 Å². The molecule has 0 unspecified atom stereocenters. The van der Waals surface area contributed by atoms with Gasteiger partial charge in [-0.3, -0.25) is 101 Å². The molecule has 1 aromatic heterocycles. The SMILES string of the molecule is CC(C)C[C@H](NC(=O)[C@H](CC(=O)O)NC(=O)[C@H](CO)NC(=O)[C@H](Cc1ccccc1)NC(=O)[C@@H](NC(=O)[C@@H](N)CCC(=O)O)[C@@H](C)O)C(=O)N[C@@H](Cc1c[nH]c2ccccc12)C(=O)N[C@@H](CCCCN)C(=O)N[C@@H](CC(C)C)C(=O)N[C@@H](CC(C)C)C(=O)N1CCC[C@H]1C(=O)N[C@@H](CCC(=O)O)C(=O)N[C@@H](CC(N)=O)C(=O)N[C@@H](CC(N)=O)C(=O)N[C@H](C(=O)N[C@@H](CC(C)C)C(=O)N[C@@H](CO)C(=O)O)C(C)C. The van der Waals surface area contributed by atoms with E-state index in [4.69, 9.17) is 28.0 Å². The number of hydrogen-bond acceptors (Lipinski definition) is 27. The Labute approximate surface area is 819 Å². The van der Waals surface area contributed by atoms with Gasteiger partial charge in [-0.05, 0) is 131 Å².